The van der Waals surface area contributed by atoms with Crippen LogP contribution in [0.5, 0.6) is 0 Å². The molecule has 156 valence electrons. The van der Waals surface area contributed by atoms with Crippen molar-refractivity contribution in [1.82, 2.24) is 19.9 Å². The Morgan fingerprint density at radius 1 is 1.28 bits per heavy atom. The van der Waals surface area contributed by atoms with Gasteiger partial charge in [0.2, 0.25) is 0 Å². The summed E-state index contributed by atoms with van der Waals surface area (Å²) in [6.45, 7) is 5.44. The number of rotatable bonds is 9. The van der Waals surface area contributed by atoms with Crippen molar-refractivity contribution < 1.29 is 14.3 Å². The summed E-state index contributed by atoms with van der Waals surface area (Å²) in [7, 11) is 3.49. The molecule has 0 saturated heterocycles. The number of thiophene rings is 1. The first kappa shape index (κ1) is 21.6. The topological polar surface area (TPSA) is 97.4 Å². The second kappa shape index (κ2) is 9.57. The Hall–Kier alpha value is -2.14. The first-order chi connectivity index (χ1) is 13.9. The standard InChI is InChI=1S/C19H24N4O4S2/c1-5-14-20-12(10-28-14)8-23(3)9-13-21-17(24)15-11(2)16(29-18(15)22-13)19(25)27-7-6-26-4/h10H,5-9H2,1-4H3,(H,21,22,24). The quantitative estimate of drug-likeness (QED) is 0.407. The molecule has 0 aromatic carbocycles. The van der Waals surface area contributed by atoms with E-state index in [1.54, 1.807) is 18.3 Å². The lowest BCUT2D eigenvalue weighted by atomic mass is 10.2. The van der Waals surface area contributed by atoms with Crippen molar-refractivity contribution in [2.45, 2.75) is 33.4 Å². The van der Waals surface area contributed by atoms with E-state index in [2.05, 4.69) is 27.3 Å². The number of aromatic nitrogens is 3. The summed E-state index contributed by atoms with van der Waals surface area (Å²) in [6.07, 6.45) is 0.924. The number of nitrogens with one attached hydrogen (secondary N) is 1. The van der Waals surface area contributed by atoms with Crippen LogP contribution in [0.25, 0.3) is 10.2 Å². The van der Waals surface area contributed by atoms with Crippen molar-refractivity contribution in [1.29, 1.82) is 0 Å². The molecule has 0 aliphatic rings. The third kappa shape index (κ3) is 5.08. The number of carbonyl (C=O) groups is 1. The summed E-state index contributed by atoms with van der Waals surface area (Å²) in [4.78, 5) is 39.9. The van der Waals surface area contributed by atoms with Crippen molar-refractivity contribution in [2.24, 2.45) is 0 Å². The molecule has 3 heterocycles. The molecule has 1 N–H and O–H groups in total. The molecule has 3 aromatic rings. The van der Waals surface area contributed by atoms with E-state index in [4.69, 9.17) is 9.47 Å². The molecule has 0 bridgehead atoms. The number of hydrogen-bond donors (Lipinski definition) is 1. The maximum Gasteiger partial charge on any atom is 0.348 e. The van der Waals surface area contributed by atoms with E-state index < -0.39 is 5.97 Å². The van der Waals surface area contributed by atoms with E-state index in [1.165, 1.54) is 18.4 Å². The molecule has 0 spiro atoms. The van der Waals surface area contributed by atoms with E-state index >= 15 is 0 Å². The van der Waals surface area contributed by atoms with Crippen molar-refractivity contribution in [3.8, 4) is 0 Å². The van der Waals surface area contributed by atoms with Crippen LogP contribution in [0.1, 0.15) is 38.7 Å². The van der Waals surface area contributed by atoms with Crippen LogP contribution in [-0.4, -0.2) is 53.2 Å². The summed E-state index contributed by atoms with van der Waals surface area (Å²) in [5, 5.41) is 3.60. The van der Waals surface area contributed by atoms with Gasteiger partial charge in [-0.25, -0.2) is 14.8 Å². The second-order valence-electron chi connectivity index (χ2n) is 6.64. The number of methoxy groups -OCH3 is 1. The number of fused-ring (bicyclic) bond motifs is 1. The van der Waals surface area contributed by atoms with Crippen LogP contribution < -0.4 is 5.56 Å². The van der Waals surface area contributed by atoms with Gasteiger partial charge in [-0.15, -0.1) is 22.7 Å². The first-order valence-electron chi connectivity index (χ1n) is 9.23. The van der Waals surface area contributed by atoms with E-state index in [0.717, 1.165) is 17.1 Å². The van der Waals surface area contributed by atoms with Gasteiger partial charge in [0.1, 0.15) is 22.1 Å². The van der Waals surface area contributed by atoms with Gasteiger partial charge in [-0.05, 0) is 26.0 Å². The Morgan fingerprint density at radius 3 is 2.76 bits per heavy atom. The summed E-state index contributed by atoms with van der Waals surface area (Å²) in [5.74, 6) is 0.0902. The number of esters is 1. The van der Waals surface area contributed by atoms with Crippen molar-refractivity contribution in [3.63, 3.8) is 0 Å². The Bertz CT molecular complexity index is 1060. The summed E-state index contributed by atoms with van der Waals surface area (Å²) < 4.78 is 10.1. The van der Waals surface area contributed by atoms with Gasteiger partial charge in [-0.1, -0.05) is 6.92 Å². The fraction of sp³-hybridized carbons (Fsp3) is 0.474. The van der Waals surface area contributed by atoms with E-state index in [9.17, 15) is 9.59 Å². The largest absolute Gasteiger partial charge is 0.459 e. The monoisotopic (exact) mass is 436 g/mol. The average Bonchev–Trinajstić information content (AvgIpc) is 3.26. The zero-order valence-corrected chi connectivity index (χ0v) is 18.5. The van der Waals surface area contributed by atoms with Crippen LogP contribution >= 0.6 is 22.7 Å². The Labute approximate surface area is 176 Å². The lowest BCUT2D eigenvalue weighted by molar-refractivity contribution is 0.0393. The molecule has 29 heavy (non-hydrogen) atoms. The third-order valence-electron chi connectivity index (χ3n) is 4.31. The van der Waals surface area contributed by atoms with Gasteiger partial charge in [0.05, 0.1) is 29.2 Å². The lowest BCUT2D eigenvalue weighted by Crippen LogP contribution is -2.21. The molecule has 8 nitrogen and oxygen atoms in total. The van der Waals surface area contributed by atoms with Gasteiger partial charge in [-0.3, -0.25) is 9.69 Å². The zero-order valence-electron chi connectivity index (χ0n) is 16.9. The fourth-order valence-corrected chi connectivity index (χ4v) is 4.74. The van der Waals surface area contributed by atoms with Crippen molar-refractivity contribution in [3.05, 3.63) is 42.7 Å². The summed E-state index contributed by atoms with van der Waals surface area (Å²) in [6, 6.07) is 0. The molecule has 0 atom stereocenters. The Kier molecular flexibility index (Phi) is 7.12. The number of H-pyrrole nitrogens is 1. The van der Waals surface area contributed by atoms with Gasteiger partial charge < -0.3 is 14.5 Å². The maximum atomic E-state index is 12.6. The molecule has 3 aromatic heterocycles. The van der Waals surface area contributed by atoms with Crippen LogP contribution in [-0.2, 0) is 29.0 Å². The summed E-state index contributed by atoms with van der Waals surface area (Å²) in [5.41, 5.74) is 1.35. The molecule has 0 fully saturated rings. The van der Waals surface area contributed by atoms with Gasteiger partial charge in [-0.2, -0.15) is 0 Å². The van der Waals surface area contributed by atoms with Gasteiger partial charge in [0, 0.05) is 19.0 Å². The maximum absolute atomic E-state index is 12.6. The van der Waals surface area contributed by atoms with E-state index in [1.807, 2.05) is 11.9 Å². The predicted molar refractivity (Wildman–Crippen MR) is 114 cm³/mol. The van der Waals surface area contributed by atoms with Gasteiger partial charge >= 0.3 is 5.97 Å². The third-order valence-corrected chi connectivity index (χ3v) is 6.52. The van der Waals surface area contributed by atoms with E-state index in [-0.39, 0.29) is 12.2 Å². The predicted octanol–water partition coefficient (Wildman–Crippen LogP) is 2.75. The van der Waals surface area contributed by atoms with Crippen LogP contribution in [0.2, 0.25) is 0 Å². The smallest absolute Gasteiger partial charge is 0.348 e. The number of ether oxygens (including phenoxy) is 2. The molecular weight excluding hydrogens is 412 g/mol. The Morgan fingerprint density at radius 2 is 2.07 bits per heavy atom. The highest BCUT2D eigenvalue weighted by molar-refractivity contribution is 7.20. The van der Waals surface area contributed by atoms with Crippen molar-refractivity contribution >= 4 is 38.9 Å². The molecule has 0 radical (unpaired) electrons. The minimum Gasteiger partial charge on any atom is -0.459 e. The number of hydrogen-bond acceptors (Lipinski definition) is 9. The molecule has 10 heteroatoms. The van der Waals surface area contributed by atoms with Crippen LogP contribution in [0.3, 0.4) is 0 Å². The van der Waals surface area contributed by atoms with E-state index in [0.29, 0.717) is 46.2 Å². The number of nitrogens with zero attached hydrogens (tertiary/aromatic N) is 3. The molecule has 0 aliphatic carbocycles. The number of aryl methyl sites for hydroxylation is 2. The highest BCUT2D eigenvalue weighted by Crippen LogP contribution is 2.27. The Balaban J connectivity index is 1.77. The summed E-state index contributed by atoms with van der Waals surface area (Å²) >= 11 is 2.84. The molecule has 0 amide bonds. The van der Waals surface area contributed by atoms with Crippen LogP contribution in [0.15, 0.2) is 10.2 Å². The van der Waals surface area contributed by atoms with Gasteiger partial charge in [0.15, 0.2) is 0 Å². The fourth-order valence-electron chi connectivity index (χ4n) is 2.91. The highest BCUT2D eigenvalue weighted by Gasteiger charge is 2.20. The molecule has 3 rings (SSSR count). The SMILES string of the molecule is CCc1nc(CN(C)Cc2nc3sc(C(=O)OCCOC)c(C)c3c(=O)[nH]2)cs1. The molecule has 0 aliphatic heterocycles. The average molecular weight is 437 g/mol. The highest BCUT2D eigenvalue weighted by atomic mass is 32.1. The lowest BCUT2D eigenvalue weighted by Gasteiger charge is -2.14. The normalized spacial score (nSPS) is 11.5. The molecule has 0 unspecified atom stereocenters. The number of thiazole rings is 1. The zero-order chi connectivity index (χ0) is 21.0. The number of aromatic amines is 1. The molecule has 0 saturated carbocycles. The van der Waals surface area contributed by atoms with Crippen LogP contribution in [0, 0.1) is 6.92 Å². The second-order valence-corrected chi connectivity index (χ2v) is 8.58. The van der Waals surface area contributed by atoms with Crippen LogP contribution in [0.4, 0.5) is 0 Å². The molecular formula is C19H24N4O4S2. The first-order valence-corrected chi connectivity index (χ1v) is 10.9. The van der Waals surface area contributed by atoms with Gasteiger partial charge in [0.25, 0.3) is 5.56 Å². The minimum absolute atomic E-state index is 0.166. The number of carbonyl (C=O) groups excluding carboxylic acids is 1. The minimum atomic E-state index is -0.462. The van der Waals surface area contributed by atoms with Crippen molar-refractivity contribution in [2.75, 3.05) is 27.4 Å².